The summed E-state index contributed by atoms with van der Waals surface area (Å²) in [5.74, 6) is 0.00933. The number of aryl methyl sites for hydroxylation is 1. The summed E-state index contributed by atoms with van der Waals surface area (Å²) in [4.78, 5) is 25.0. The molecule has 0 bridgehead atoms. The second-order valence-electron chi connectivity index (χ2n) is 7.30. The fourth-order valence-corrected chi connectivity index (χ4v) is 3.37. The van der Waals surface area contributed by atoms with Gasteiger partial charge in [-0.1, -0.05) is 41.4 Å². The Morgan fingerprint density at radius 3 is 2.36 bits per heavy atom. The molecule has 0 aliphatic heterocycles. The number of carbonyl (C=O) groups excluding carboxylic acids is 1. The maximum atomic E-state index is 12.6. The first-order chi connectivity index (χ1) is 15.9. The van der Waals surface area contributed by atoms with Crippen molar-refractivity contribution in [1.82, 2.24) is 9.78 Å². The fourth-order valence-electron chi connectivity index (χ4n) is 3.07. The number of carbonyl (C=O) groups is 1. The van der Waals surface area contributed by atoms with Crippen LogP contribution in [0.4, 0.5) is 5.69 Å². The first-order valence-corrected chi connectivity index (χ1v) is 10.8. The van der Waals surface area contributed by atoms with Gasteiger partial charge in [-0.15, -0.1) is 5.10 Å². The Morgan fingerprint density at radius 2 is 1.64 bits per heavy atom. The van der Waals surface area contributed by atoms with Crippen LogP contribution < -0.4 is 15.6 Å². The third-order valence-electron chi connectivity index (χ3n) is 4.90. The molecule has 0 fully saturated rings. The molecule has 1 N–H and O–H groups in total. The van der Waals surface area contributed by atoms with Crippen LogP contribution in [0.2, 0.25) is 10.0 Å². The number of hydrogen-bond donors (Lipinski definition) is 1. The van der Waals surface area contributed by atoms with Crippen molar-refractivity contribution in [2.24, 2.45) is 0 Å². The van der Waals surface area contributed by atoms with Gasteiger partial charge in [-0.3, -0.25) is 9.59 Å². The summed E-state index contributed by atoms with van der Waals surface area (Å²) in [7, 11) is 0. The van der Waals surface area contributed by atoms with Gasteiger partial charge >= 0.3 is 0 Å². The van der Waals surface area contributed by atoms with Gasteiger partial charge in [0.1, 0.15) is 6.61 Å². The number of ether oxygens (including phenoxy) is 1. The molecule has 0 aliphatic carbocycles. The zero-order valence-corrected chi connectivity index (χ0v) is 19.1. The van der Waals surface area contributed by atoms with Crippen LogP contribution in [-0.2, 0) is 6.61 Å². The molecule has 0 unspecified atom stereocenters. The highest BCUT2D eigenvalue weighted by atomic mass is 35.5. The Bertz CT molecular complexity index is 1350. The first-order valence-electron chi connectivity index (χ1n) is 10.0. The molecule has 0 aliphatic rings. The van der Waals surface area contributed by atoms with Crippen molar-refractivity contribution in [3.05, 3.63) is 116 Å². The Morgan fingerprint density at radius 1 is 0.939 bits per heavy atom. The molecule has 4 aromatic rings. The fraction of sp³-hybridized carbons (Fsp3) is 0.0800. The van der Waals surface area contributed by atoms with E-state index in [-0.39, 0.29) is 18.1 Å². The van der Waals surface area contributed by atoms with Crippen LogP contribution in [0.1, 0.15) is 21.5 Å². The van der Waals surface area contributed by atoms with Gasteiger partial charge < -0.3 is 10.1 Å². The minimum atomic E-state index is -0.319. The van der Waals surface area contributed by atoms with Crippen LogP contribution in [0, 0.1) is 6.92 Å². The highest BCUT2D eigenvalue weighted by Gasteiger charge is 2.10. The highest BCUT2D eigenvalue weighted by Crippen LogP contribution is 2.21. The molecule has 1 amide bonds. The predicted octanol–water partition coefficient (Wildman–Crippen LogP) is 5.68. The maximum absolute atomic E-state index is 12.6. The molecule has 3 aromatic carbocycles. The predicted molar refractivity (Wildman–Crippen MR) is 130 cm³/mol. The quantitative estimate of drug-likeness (QED) is 0.386. The zero-order chi connectivity index (χ0) is 23.4. The van der Waals surface area contributed by atoms with E-state index in [2.05, 4.69) is 10.4 Å². The lowest BCUT2D eigenvalue weighted by Crippen LogP contribution is -2.21. The van der Waals surface area contributed by atoms with Crippen LogP contribution in [0.5, 0.6) is 5.88 Å². The van der Waals surface area contributed by atoms with Gasteiger partial charge in [0.05, 0.1) is 5.69 Å². The highest BCUT2D eigenvalue weighted by molar-refractivity contribution is 6.31. The topological polar surface area (TPSA) is 73.2 Å². The van der Waals surface area contributed by atoms with Gasteiger partial charge in [0, 0.05) is 33.4 Å². The summed E-state index contributed by atoms with van der Waals surface area (Å²) in [6.07, 6.45) is 0. The van der Waals surface area contributed by atoms with Gasteiger partial charge in [0.2, 0.25) is 5.88 Å². The van der Waals surface area contributed by atoms with Crippen molar-refractivity contribution in [3.63, 3.8) is 0 Å². The number of halogens is 2. The number of nitrogens with one attached hydrogen (secondary N) is 1. The number of amides is 1. The molecule has 1 aromatic heterocycles. The molecule has 0 atom stereocenters. The number of rotatable bonds is 6. The van der Waals surface area contributed by atoms with Crippen molar-refractivity contribution in [2.75, 3.05) is 5.32 Å². The number of anilines is 1. The minimum absolute atomic E-state index is 0.282. The Kier molecular flexibility index (Phi) is 6.77. The SMILES string of the molecule is Cc1ccc(Cl)cc1NC(=O)c1ccc(-n2nc(OCc3ccc(Cl)cc3)ccc2=O)cc1. The summed E-state index contributed by atoms with van der Waals surface area (Å²) in [5.41, 5.74) is 3.08. The average molecular weight is 480 g/mol. The lowest BCUT2D eigenvalue weighted by atomic mass is 10.1. The largest absolute Gasteiger partial charge is 0.472 e. The lowest BCUT2D eigenvalue weighted by molar-refractivity contribution is 0.102. The average Bonchev–Trinajstić information content (AvgIpc) is 2.82. The van der Waals surface area contributed by atoms with E-state index in [1.807, 2.05) is 25.1 Å². The summed E-state index contributed by atoms with van der Waals surface area (Å²) in [5, 5.41) is 8.31. The van der Waals surface area contributed by atoms with E-state index in [1.54, 1.807) is 48.5 Å². The van der Waals surface area contributed by atoms with E-state index in [0.717, 1.165) is 11.1 Å². The number of hydrogen-bond acceptors (Lipinski definition) is 4. The van der Waals surface area contributed by atoms with Crippen molar-refractivity contribution < 1.29 is 9.53 Å². The van der Waals surface area contributed by atoms with Gasteiger partial charge in [-0.25, -0.2) is 0 Å². The molecular formula is C25H19Cl2N3O3. The molecular weight excluding hydrogens is 461 g/mol. The van der Waals surface area contributed by atoms with Crippen molar-refractivity contribution >= 4 is 34.8 Å². The monoisotopic (exact) mass is 479 g/mol. The third kappa shape index (κ3) is 5.61. The number of benzene rings is 3. The molecule has 0 spiro atoms. The smallest absolute Gasteiger partial charge is 0.271 e. The summed E-state index contributed by atoms with van der Waals surface area (Å²) in [6.45, 7) is 2.17. The Hall–Kier alpha value is -3.61. The van der Waals surface area contributed by atoms with Crippen molar-refractivity contribution in [2.45, 2.75) is 13.5 Å². The van der Waals surface area contributed by atoms with Crippen LogP contribution in [0.15, 0.2) is 83.7 Å². The molecule has 1 heterocycles. The van der Waals surface area contributed by atoms with Crippen molar-refractivity contribution in [1.29, 1.82) is 0 Å². The van der Waals surface area contributed by atoms with Crippen LogP contribution in [-0.4, -0.2) is 15.7 Å². The van der Waals surface area contributed by atoms with Crippen LogP contribution in [0.25, 0.3) is 5.69 Å². The molecule has 0 radical (unpaired) electrons. The van der Waals surface area contributed by atoms with Gasteiger partial charge in [-0.05, 0) is 66.6 Å². The molecule has 6 nitrogen and oxygen atoms in total. The van der Waals surface area contributed by atoms with E-state index in [0.29, 0.717) is 32.9 Å². The second-order valence-corrected chi connectivity index (χ2v) is 8.17. The van der Waals surface area contributed by atoms with Crippen molar-refractivity contribution in [3.8, 4) is 11.6 Å². The second kappa shape index (κ2) is 9.90. The molecule has 8 heteroatoms. The van der Waals surface area contributed by atoms with E-state index in [9.17, 15) is 9.59 Å². The van der Waals surface area contributed by atoms with E-state index >= 15 is 0 Å². The zero-order valence-electron chi connectivity index (χ0n) is 17.6. The van der Waals surface area contributed by atoms with E-state index < -0.39 is 0 Å². The maximum Gasteiger partial charge on any atom is 0.271 e. The molecule has 33 heavy (non-hydrogen) atoms. The molecule has 166 valence electrons. The van der Waals surface area contributed by atoms with Gasteiger partial charge in [-0.2, -0.15) is 4.68 Å². The Labute approximate surface area is 200 Å². The van der Waals surface area contributed by atoms with Crippen LogP contribution in [0.3, 0.4) is 0 Å². The number of nitrogens with zero attached hydrogens (tertiary/aromatic N) is 2. The Balaban J connectivity index is 1.49. The first kappa shape index (κ1) is 22.6. The summed E-state index contributed by atoms with van der Waals surface area (Å²) in [6, 6.07) is 22.0. The molecule has 0 saturated heterocycles. The molecule has 4 rings (SSSR count). The lowest BCUT2D eigenvalue weighted by Gasteiger charge is -2.11. The third-order valence-corrected chi connectivity index (χ3v) is 5.38. The van der Waals surface area contributed by atoms with Gasteiger partial charge in [0.15, 0.2) is 0 Å². The van der Waals surface area contributed by atoms with E-state index in [4.69, 9.17) is 27.9 Å². The van der Waals surface area contributed by atoms with Gasteiger partial charge in [0.25, 0.3) is 11.5 Å². The minimum Gasteiger partial charge on any atom is -0.472 e. The van der Waals surface area contributed by atoms with E-state index in [1.165, 1.54) is 16.8 Å². The number of aromatic nitrogens is 2. The normalized spacial score (nSPS) is 10.6. The summed E-state index contributed by atoms with van der Waals surface area (Å²) >= 11 is 11.9. The summed E-state index contributed by atoms with van der Waals surface area (Å²) < 4.78 is 6.93. The molecule has 0 saturated carbocycles. The van der Waals surface area contributed by atoms with Crippen LogP contribution >= 0.6 is 23.2 Å². The standard InChI is InChI=1S/C25H19Cl2N3O3/c1-16-2-7-20(27)14-22(16)28-25(32)18-5-10-21(11-6-18)30-24(31)13-12-23(29-30)33-15-17-3-8-19(26)9-4-17/h2-14H,15H2,1H3,(H,28,32).